The van der Waals surface area contributed by atoms with Gasteiger partial charge in [-0.3, -0.25) is 9.59 Å². The smallest absolute Gasteiger partial charge is 0.328 e. The van der Waals surface area contributed by atoms with Crippen LogP contribution in [-0.2, 0) is 14.3 Å². The predicted octanol–water partition coefficient (Wildman–Crippen LogP) is 2.62. The Labute approximate surface area is 106 Å². The minimum absolute atomic E-state index is 0.274. The van der Waals surface area contributed by atoms with E-state index in [1.807, 2.05) is 0 Å². The molecule has 0 aliphatic heterocycles. The molecule has 2 aliphatic rings. The van der Waals surface area contributed by atoms with Crippen molar-refractivity contribution in [1.29, 1.82) is 0 Å². The fraction of sp³-hybridized carbons (Fsp3) is 0.692. The van der Waals surface area contributed by atoms with Crippen LogP contribution < -0.4 is 0 Å². The zero-order chi connectivity index (χ0) is 12.4. The van der Waals surface area contributed by atoms with E-state index >= 15 is 0 Å². The third kappa shape index (κ3) is 2.54. The Morgan fingerprint density at radius 2 is 2.18 bits per heavy atom. The summed E-state index contributed by atoms with van der Waals surface area (Å²) in [7, 11) is 1.34. The number of Topliss-reactive ketones (excluding diaryl/α,β-unsaturated/α-hetero) is 1. The molecular formula is C13H17ClO3. The van der Waals surface area contributed by atoms with Crippen molar-refractivity contribution in [3.8, 4) is 0 Å². The van der Waals surface area contributed by atoms with E-state index in [9.17, 15) is 9.59 Å². The molecule has 2 unspecified atom stereocenters. The number of esters is 1. The molecule has 0 saturated heterocycles. The van der Waals surface area contributed by atoms with Gasteiger partial charge in [-0.25, -0.2) is 0 Å². The van der Waals surface area contributed by atoms with Crippen molar-refractivity contribution >= 4 is 23.4 Å². The van der Waals surface area contributed by atoms with Crippen LogP contribution in [0.15, 0.2) is 11.1 Å². The summed E-state index contributed by atoms with van der Waals surface area (Å²) in [5, 5.41) is -0.703. The van der Waals surface area contributed by atoms with E-state index in [0.29, 0.717) is 18.8 Å². The van der Waals surface area contributed by atoms with Crippen molar-refractivity contribution in [2.24, 2.45) is 5.92 Å². The molecule has 2 rings (SSSR count). The van der Waals surface area contributed by atoms with Crippen molar-refractivity contribution in [2.75, 3.05) is 7.11 Å². The van der Waals surface area contributed by atoms with Gasteiger partial charge in [0.2, 0.25) is 0 Å². The summed E-state index contributed by atoms with van der Waals surface area (Å²) in [5.41, 5.74) is 2.07. The highest BCUT2D eigenvalue weighted by Gasteiger charge is 2.34. The Bertz CT molecular complexity index is 373. The third-order valence-electron chi connectivity index (χ3n) is 3.78. The van der Waals surface area contributed by atoms with Crippen LogP contribution in [0.3, 0.4) is 0 Å². The molecular weight excluding hydrogens is 240 g/mol. The number of alkyl halides is 1. The van der Waals surface area contributed by atoms with Gasteiger partial charge in [0.15, 0.2) is 5.38 Å². The van der Waals surface area contributed by atoms with Crippen molar-refractivity contribution < 1.29 is 14.3 Å². The number of hydrogen-bond acceptors (Lipinski definition) is 3. The van der Waals surface area contributed by atoms with Gasteiger partial charge in [-0.05, 0) is 37.2 Å². The number of ketones is 1. The zero-order valence-electron chi connectivity index (χ0n) is 10.0. The van der Waals surface area contributed by atoms with E-state index in [2.05, 4.69) is 4.74 Å². The van der Waals surface area contributed by atoms with E-state index in [4.69, 9.17) is 11.6 Å². The number of carbonyl (C=O) groups excluding carboxylic acids is 2. The van der Waals surface area contributed by atoms with Crippen LogP contribution in [0.4, 0.5) is 0 Å². The lowest BCUT2D eigenvalue weighted by Gasteiger charge is -2.13. The average molecular weight is 257 g/mol. The number of ether oxygens (including phenoxy) is 1. The molecule has 94 valence electrons. The van der Waals surface area contributed by atoms with Gasteiger partial charge in [-0.2, -0.15) is 0 Å². The second-order valence-corrected chi connectivity index (χ2v) is 5.22. The Kier molecular flexibility index (Phi) is 3.87. The Morgan fingerprint density at radius 1 is 1.41 bits per heavy atom. The Morgan fingerprint density at radius 3 is 2.88 bits per heavy atom. The molecule has 0 N–H and O–H groups in total. The number of allylic oxidation sites excluding steroid dienone is 1. The largest absolute Gasteiger partial charge is 0.468 e. The maximum atomic E-state index is 11.6. The number of fused-ring (bicyclic) bond motifs is 1. The number of methoxy groups -OCH3 is 1. The molecule has 1 fully saturated rings. The maximum Gasteiger partial charge on any atom is 0.328 e. The minimum Gasteiger partial charge on any atom is -0.468 e. The van der Waals surface area contributed by atoms with Crippen molar-refractivity contribution in [3.63, 3.8) is 0 Å². The second kappa shape index (κ2) is 5.21. The average Bonchev–Trinajstić information content (AvgIpc) is 2.61. The highest BCUT2D eigenvalue weighted by atomic mass is 35.5. The minimum atomic E-state index is -0.703. The van der Waals surface area contributed by atoms with E-state index in [1.165, 1.54) is 7.11 Å². The molecule has 3 nitrogen and oxygen atoms in total. The van der Waals surface area contributed by atoms with Crippen LogP contribution in [0.5, 0.6) is 0 Å². The second-order valence-electron chi connectivity index (χ2n) is 4.78. The zero-order valence-corrected chi connectivity index (χ0v) is 10.8. The number of halogens is 1. The molecule has 0 radical (unpaired) electrons. The summed E-state index contributed by atoms with van der Waals surface area (Å²) in [4.78, 5) is 23.1. The van der Waals surface area contributed by atoms with Gasteiger partial charge in [0, 0.05) is 12.8 Å². The molecule has 0 heterocycles. The Balaban J connectivity index is 2.25. The highest BCUT2D eigenvalue weighted by Crippen LogP contribution is 2.42. The quantitative estimate of drug-likeness (QED) is 0.433. The molecule has 2 atom stereocenters. The SMILES string of the molecule is COC(=O)C(Cl)C1=C2CC(=O)CCCC2CC1. The lowest BCUT2D eigenvalue weighted by atomic mass is 9.95. The summed E-state index contributed by atoms with van der Waals surface area (Å²) in [6, 6.07) is 0. The van der Waals surface area contributed by atoms with Crippen LogP contribution in [0.2, 0.25) is 0 Å². The number of carbonyl (C=O) groups is 2. The predicted molar refractivity (Wildman–Crippen MR) is 64.9 cm³/mol. The van der Waals surface area contributed by atoms with Gasteiger partial charge in [0.25, 0.3) is 0 Å². The summed E-state index contributed by atoms with van der Waals surface area (Å²) in [5.74, 6) is 0.324. The van der Waals surface area contributed by atoms with E-state index in [1.54, 1.807) is 0 Å². The fourth-order valence-corrected chi connectivity index (χ4v) is 3.22. The molecule has 0 aromatic heterocycles. The summed E-state index contributed by atoms with van der Waals surface area (Å²) >= 11 is 6.11. The van der Waals surface area contributed by atoms with Gasteiger partial charge < -0.3 is 4.74 Å². The van der Waals surface area contributed by atoms with Gasteiger partial charge in [0.05, 0.1) is 7.11 Å². The molecule has 17 heavy (non-hydrogen) atoms. The Hall–Kier alpha value is -0.830. The van der Waals surface area contributed by atoms with Gasteiger partial charge in [-0.1, -0.05) is 5.57 Å². The van der Waals surface area contributed by atoms with Crippen LogP contribution >= 0.6 is 11.6 Å². The van der Waals surface area contributed by atoms with Crippen LogP contribution in [-0.4, -0.2) is 24.2 Å². The van der Waals surface area contributed by atoms with Crippen molar-refractivity contribution in [3.05, 3.63) is 11.1 Å². The number of rotatable bonds is 2. The van der Waals surface area contributed by atoms with Crippen LogP contribution in [0.1, 0.15) is 38.5 Å². The van der Waals surface area contributed by atoms with Gasteiger partial charge in [0.1, 0.15) is 5.78 Å². The third-order valence-corrected chi connectivity index (χ3v) is 4.22. The first-order chi connectivity index (χ1) is 8.13. The van der Waals surface area contributed by atoms with Gasteiger partial charge >= 0.3 is 5.97 Å². The first-order valence-corrected chi connectivity index (χ1v) is 6.52. The van der Waals surface area contributed by atoms with Crippen LogP contribution in [0, 0.1) is 5.92 Å². The molecule has 0 spiro atoms. The lowest BCUT2D eigenvalue weighted by Crippen LogP contribution is -2.19. The van der Waals surface area contributed by atoms with E-state index in [0.717, 1.165) is 36.8 Å². The molecule has 4 heteroatoms. The molecule has 0 amide bonds. The van der Waals surface area contributed by atoms with Crippen LogP contribution in [0.25, 0.3) is 0 Å². The number of hydrogen-bond donors (Lipinski definition) is 0. The molecule has 1 saturated carbocycles. The van der Waals surface area contributed by atoms with E-state index in [-0.39, 0.29) is 5.78 Å². The molecule has 0 aromatic rings. The van der Waals surface area contributed by atoms with Crippen molar-refractivity contribution in [2.45, 2.75) is 43.9 Å². The standard InChI is InChI=1S/C13H17ClO3/c1-17-13(16)12(14)10-6-5-8-3-2-4-9(15)7-11(8)10/h8,12H,2-7H2,1H3. The van der Waals surface area contributed by atoms with E-state index < -0.39 is 11.3 Å². The molecule has 0 bridgehead atoms. The topological polar surface area (TPSA) is 43.4 Å². The summed E-state index contributed by atoms with van der Waals surface area (Å²) < 4.78 is 4.67. The van der Waals surface area contributed by atoms with Gasteiger partial charge in [-0.15, -0.1) is 11.6 Å². The fourth-order valence-electron chi connectivity index (χ4n) is 2.88. The summed E-state index contributed by atoms with van der Waals surface area (Å²) in [6.45, 7) is 0. The highest BCUT2D eigenvalue weighted by molar-refractivity contribution is 6.32. The first kappa shape index (κ1) is 12.6. The lowest BCUT2D eigenvalue weighted by molar-refractivity contribution is -0.139. The first-order valence-electron chi connectivity index (χ1n) is 6.09. The monoisotopic (exact) mass is 256 g/mol. The normalized spacial score (nSPS) is 26.5. The molecule has 2 aliphatic carbocycles. The molecule has 0 aromatic carbocycles. The maximum absolute atomic E-state index is 11.6. The summed E-state index contributed by atoms with van der Waals surface area (Å²) in [6.07, 6.45) is 5.02. The van der Waals surface area contributed by atoms with Crippen molar-refractivity contribution in [1.82, 2.24) is 0 Å².